The number of nitrogens with one attached hydrogen (secondary N) is 1. The van der Waals surface area contributed by atoms with Crippen LogP contribution in [0.5, 0.6) is 5.75 Å². The largest absolute Gasteiger partial charge is 0.485 e. The molecular formula is C28H33NO5S. The lowest BCUT2D eigenvalue weighted by molar-refractivity contribution is 0.0505. The van der Waals surface area contributed by atoms with Crippen LogP contribution in [0, 0.1) is 6.92 Å². The van der Waals surface area contributed by atoms with Crippen LogP contribution in [0.3, 0.4) is 0 Å². The quantitative estimate of drug-likeness (QED) is 0.322. The molecule has 0 saturated carbocycles. The van der Waals surface area contributed by atoms with Crippen LogP contribution >= 0.6 is 11.3 Å². The van der Waals surface area contributed by atoms with Crippen LogP contribution in [0.1, 0.15) is 94.2 Å². The van der Waals surface area contributed by atoms with Crippen molar-refractivity contribution >= 4 is 28.2 Å². The average Bonchev–Trinajstić information content (AvgIpc) is 3.45. The third kappa shape index (κ3) is 5.78. The molecule has 6 nitrogen and oxygen atoms in total. The minimum Gasteiger partial charge on any atom is -0.485 e. The monoisotopic (exact) mass is 495 g/mol. The van der Waals surface area contributed by atoms with E-state index in [0.29, 0.717) is 28.8 Å². The third-order valence-electron chi connectivity index (χ3n) is 6.09. The summed E-state index contributed by atoms with van der Waals surface area (Å²) in [6.45, 7) is 8.82. The van der Waals surface area contributed by atoms with Crippen LogP contribution in [0.4, 0.5) is 5.00 Å². The predicted molar refractivity (Wildman–Crippen MR) is 138 cm³/mol. The van der Waals surface area contributed by atoms with E-state index in [0.717, 1.165) is 59.4 Å². The van der Waals surface area contributed by atoms with Crippen LogP contribution < -0.4 is 10.1 Å². The van der Waals surface area contributed by atoms with Crippen LogP contribution in [0.25, 0.3) is 0 Å². The summed E-state index contributed by atoms with van der Waals surface area (Å²) in [6.07, 6.45) is 4.62. The number of carbonyl (C=O) groups is 2. The Labute approximate surface area is 210 Å². The van der Waals surface area contributed by atoms with Gasteiger partial charge < -0.3 is 19.2 Å². The molecule has 0 radical (unpaired) electrons. The Bertz CT molecular complexity index is 1210. The molecule has 186 valence electrons. The van der Waals surface area contributed by atoms with Gasteiger partial charge in [0.1, 0.15) is 23.1 Å². The fraction of sp³-hybridized carbons (Fsp3) is 0.429. The van der Waals surface area contributed by atoms with Crippen LogP contribution in [-0.4, -0.2) is 18.5 Å². The lowest BCUT2D eigenvalue weighted by Gasteiger charge is -2.14. The lowest BCUT2D eigenvalue weighted by Crippen LogP contribution is -2.15. The summed E-state index contributed by atoms with van der Waals surface area (Å²) in [6, 6.07) is 9.56. The highest BCUT2D eigenvalue weighted by molar-refractivity contribution is 7.17. The Balaban J connectivity index is 1.48. The maximum atomic E-state index is 13.0. The highest BCUT2D eigenvalue weighted by atomic mass is 32.1. The summed E-state index contributed by atoms with van der Waals surface area (Å²) < 4.78 is 17.2. The number of hydrogen-bond acceptors (Lipinski definition) is 6. The number of hydrogen-bond donors (Lipinski definition) is 1. The number of carbonyl (C=O) groups excluding carboxylic acids is 2. The molecule has 1 aliphatic carbocycles. The van der Waals surface area contributed by atoms with Gasteiger partial charge in [-0.1, -0.05) is 32.9 Å². The van der Waals surface area contributed by atoms with Crippen molar-refractivity contribution in [2.75, 3.05) is 11.9 Å². The van der Waals surface area contributed by atoms with Crippen molar-refractivity contribution in [3.63, 3.8) is 0 Å². The number of furan rings is 1. The first-order chi connectivity index (χ1) is 16.9. The molecule has 3 aromatic rings. The molecule has 0 fully saturated rings. The maximum Gasteiger partial charge on any atom is 0.341 e. The molecule has 1 aromatic carbocycles. The molecule has 0 spiro atoms. The van der Waals surface area contributed by atoms with Gasteiger partial charge in [0.05, 0.1) is 12.2 Å². The molecule has 1 aliphatic rings. The topological polar surface area (TPSA) is 77.8 Å². The van der Waals surface area contributed by atoms with E-state index in [2.05, 4.69) is 31.3 Å². The fourth-order valence-electron chi connectivity index (χ4n) is 4.27. The lowest BCUT2D eigenvalue weighted by atomic mass is 9.95. The zero-order chi connectivity index (χ0) is 24.9. The van der Waals surface area contributed by atoms with Crippen molar-refractivity contribution in [1.82, 2.24) is 0 Å². The molecule has 0 unspecified atom stereocenters. The van der Waals surface area contributed by atoms with E-state index in [9.17, 15) is 9.59 Å². The minimum absolute atomic E-state index is 0.177. The van der Waals surface area contributed by atoms with Gasteiger partial charge in [-0.05, 0) is 79.8 Å². The van der Waals surface area contributed by atoms with Crippen LogP contribution in [0.15, 0.2) is 34.7 Å². The van der Waals surface area contributed by atoms with Crippen molar-refractivity contribution < 1.29 is 23.5 Å². The molecule has 2 heterocycles. The van der Waals surface area contributed by atoms with Gasteiger partial charge in [-0.3, -0.25) is 4.79 Å². The SMILES string of the molecule is CCCOC(=O)c1c(NC(=O)c2ccc(COc3cc(C)ccc3C(C)C)o2)sc2c1CCCC2. The fourth-order valence-corrected chi connectivity index (χ4v) is 5.54. The summed E-state index contributed by atoms with van der Waals surface area (Å²) in [7, 11) is 0. The van der Waals surface area contributed by atoms with E-state index in [-0.39, 0.29) is 18.3 Å². The number of amides is 1. The van der Waals surface area contributed by atoms with Gasteiger partial charge in [-0.25, -0.2) is 4.79 Å². The summed E-state index contributed by atoms with van der Waals surface area (Å²) in [4.78, 5) is 26.9. The Morgan fingerprint density at radius 2 is 1.94 bits per heavy atom. The summed E-state index contributed by atoms with van der Waals surface area (Å²) >= 11 is 1.47. The zero-order valence-corrected chi connectivity index (χ0v) is 21.7. The Hall–Kier alpha value is -3.06. The number of aryl methyl sites for hydroxylation is 2. The first-order valence-electron chi connectivity index (χ1n) is 12.3. The maximum absolute atomic E-state index is 13.0. The summed E-state index contributed by atoms with van der Waals surface area (Å²) in [5, 5.41) is 3.44. The van der Waals surface area contributed by atoms with Gasteiger partial charge >= 0.3 is 5.97 Å². The number of fused-ring (bicyclic) bond motifs is 1. The van der Waals surface area contributed by atoms with Gasteiger partial charge in [0.15, 0.2) is 5.76 Å². The van der Waals surface area contributed by atoms with Crippen molar-refractivity contribution in [3.8, 4) is 5.75 Å². The number of anilines is 1. The van der Waals surface area contributed by atoms with Gasteiger partial charge in [0.25, 0.3) is 5.91 Å². The standard InChI is InChI=1S/C28H33NO5S/c1-5-14-32-28(31)25-21-8-6-7-9-24(21)35-27(25)29-26(30)22-13-11-19(34-22)16-33-23-15-18(4)10-12-20(23)17(2)3/h10-13,15,17H,5-9,14,16H2,1-4H3,(H,29,30). The Morgan fingerprint density at radius 3 is 2.71 bits per heavy atom. The second-order valence-electron chi connectivity index (χ2n) is 9.26. The molecule has 1 N–H and O–H groups in total. The smallest absolute Gasteiger partial charge is 0.341 e. The Kier molecular flexibility index (Phi) is 7.96. The molecule has 0 aliphatic heterocycles. The van der Waals surface area contributed by atoms with E-state index < -0.39 is 5.91 Å². The van der Waals surface area contributed by atoms with Crippen molar-refractivity contribution in [1.29, 1.82) is 0 Å². The highest BCUT2D eigenvalue weighted by Crippen LogP contribution is 2.39. The first-order valence-corrected chi connectivity index (χ1v) is 13.1. The molecule has 35 heavy (non-hydrogen) atoms. The first kappa shape index (κ1) is 25.0. The number of rotatable bonds is 9. The number of thiophene rings is 1. The molecule has 0 atom stereocenters. The number of ether oxygens (including phenoxy) is 2. The average molecular weight is 496 g/mol. The van der Waals surface area contributed by atoms with Crippen molar-refractivity contribution in [2.45, 2.75) is 72.3 Å². The second-order valence-corrected chi connectivity index (χ2v) is 10.4. The normalized spacial score (nSPS) is 12.9. The van der Waals surface area contributed by atoms with Crippen molar-refractivity contribution in [2.24, 2.45) is 0 Å². The van der Waals surface area contributed by atoms with E-state index >= 15 is 0 Å². The third-order valence-corrected chi connectivity index (χ3v) is 7.29. The Morgan fingerprint density at radius 1 is 1.14 bits per heavy atom. The van der Waals surface area contributed by atoms with Crippen LogP contribution in [-0.2, 0) is 24.2 Å². The highest BCUT2D eigenvalue weighted by Gasteiger charge is 2.28. The molecule has 2 aromatic heterocycles. The van der Waals surface area contributed by atoms with Crippen LogP contribution in [0.2, 0.25) is 0 Å². The van der Waals surface area contributed by atoms with Gasteiger partial charge in [-0.15, -0.1) is 11.3 Å². The summed E-state index contributed by atoms with van der Waals surface area (Å²) in [5.74, 6) is 1.13. The van der Waals surface area contributed by atoms with E-state index in [1.807, 2.05) is 19.9 Å². The molecular weight excluding hydrogens is 462 g/mol. The zero-order valence-electron chi connectivity index (χ0n) is 20.9. The van der Waals surface area contributed by atoms with Gasteiger partial charge in [0, 0.05) is 4.88 Å². The molecule has 0 saturated heterocycles. The predicted octanol–water partition coefficient (Wildman–Crippen LogP) is 7.05. The van der Waals surface area contributed by atoms with E-state index in [1.165, 1.54) is 11.3 Å². The van der Waals surface area contributed by atoms with Gasteiger partial charge in [0.2, 0.25) is 0 Å². The second kappa shape index (κ2) is 11.1. The van der Waals surface area contributed by atoms with Gasteiger partial charge in [-0.2, -0.15) is 0 Å². The molecule has 0 bridgehead atoms. The summed E-state index contributed by atoms with van der Waals surface area (Å²) in [5.41, 5.74) is 3.77. The number of benzene rings is 1. The molecule has 7 heteroatoms. The van der Waals surface area contributed by atoms with E-state index in [4.69, 9.17) is 13.9 Å². The molecule has 1 amide bonds. The van der Waals surface area contributed by atoms with Crippen molar-refractivity contribution in [3.05, 3.63) is 69.0 Å². The minimum atomic E-state index is -0.391. The number of esters is 1. The molecule has 4 rings (SSSR count). The van der Waals surface area contributed by atoms with E-state index in [1.54, 1.807) is 12.1 Å².